The number of ether oxygens (including phenoxy) is 3. The van der Waals surface area contributed by atoms with E-state index in [1.54, 1.807) is 26.0 Å². The molecule has 0 aromatic heterocycles. The molecule has 0 aliphatic carbocycles. The molecule has 13 heteroatoms. The fourth-order valence-corrected chi connectivity index (χ4v) is 5.56. The summed E-state index contributed by atoms with van der Waals surface area (Å²) in [6, 6.07) is 7.04. The highest BCUT2D eigenvalue weighted by Crippen LogP contribution is 2.34. The van der Waals surface area contributed by atoms with E-state index in [1.165, 1.54) is 6.92 Å². The summed E-state index contributed by atoms with van der Waals surface area (Å²) in [6.07, 6.45) is -4.72. The van der Waals surface area contributed by atoms with Gasteiger partial charge in [-0.2, -0.15) is 0 Å². The molecule has 9 N–H and O–H groups in total. The number of nitrogens with two attached hydrogens (primary N) is 1. The number of hydrogen-bond donors (Lipinski definition) is 8. The van der Waals surface area contributed by atoms with Crippen molar-refractivity contribution in [3.63, 3.8) is 0 Å². The van der Waals surface area contributed by atoms with Crippen LogP contribution in [0.15, 0.2) is 42.5 Å². The number of urea groups is 1. The van der Waals surface area contributed by atoms with Crippen molar-refractivity contribution in [3.05, 3.63) is 48.0 Å². The molecule has 11 atom stereocenters. The van der Waals surface area contributed by atoms with E-state index in [4.69, 9.17) is 32.2 Å². The lowest BCUT2D eigenvalue weighted by Gasteiger charge is -2.46. The first kappa shape index (κ1) is 34.5. The topological polar surface area (TPSA) is 196 Å². The summed E-state index contributed by atoms with van der Waals surface area (Å²) in [5, 5.41) is 58.2. The standard InChI is InChI=1S/C29H45N3O9S/c1-4-8-19(40-27-26(36)23(30)25(35)17(3)39-27)12-22-24(21(34)14-29(38,41-22)13-16(2)33)32-28(37)31-15-20(42)11-18-9-6-5-7-10-18/h4-10,16-17,19,21-27,33-36,38H,11-15,30H2,1-3H3,(H2,31,32,37)/b8-4+/t16-,17+,19-,21-,22-,23-,24+,25+,26-,27-,29+/m0/s1. The smallest absolute Gasteiger partial charge is 0.315 e. The minimum absolute atomic E-state index is 0.0135. The fraction of sp³-hybridized carbons (Fsp3) is 0.655. The zero-order valence-electron chi connectivity index (χ0n) is 24.2. The maximum Gasteiger partial charge on any atom is 0.315 e. The van der Waals surface area contributed by atoms with Crippen LogP contribution in [-0.4, -0.2) is 110 Å². The number of amides is 2. The Hall–Kier alpha value is -2.04. The number of rotatable bonds is 12. The summed E-state index contributed by atoms with van der Waals surface area (Å²) in [7, 11) is 0. The average molecular weight is 612 g/mol. The summed E-state index contributed by atoms with van der Waals surface area (Å²) in [5.41, 5.74) is 6.97. The number of carbonyl (C=O) groups is 1. The van der Waals surface area contributed by atoms with Gasteiger partial charge in [-0.05, 0) is 26.3 Å². The van der Waals surface area contributed by atoms with Crippen molar-refractivity contribution < 1.29 is 44.5 Å². The summed E-state index contributed by atoms with van der Waals surface area (Å²) < 4.78 is 17.7. The Bertz CT molecular complexity index is 1050. The van der Waals surface area contributed by atoms with E-state index in [9.17, 15) is 30.3 Å². The molecule has 2 amide bonds. The molecule has 0 bridgehead atoms. The molecule has 2 aliphatic heterocycles. The Morgan fingerprint density at radius 2 is 1.95 bits per heavy atom. The second-order valence-electron chi connectivity index (χ2n) is 11.2. The Morgan fingerprint density at radius 1 is 1.26 bits per heavy atom. The maximum atomic E-state index is 12.9. The summed E-state index contributed by atoms with van der Waals surface area (Å²) in [4.78, 5) is 13.5. The predicted molar refractivity (Wildman–Crippen MR) is 158 cm³/mol. The second-order valence-corrected chi connectivity index (χ2v) is 11.8. The van der Waals surface area contributed by atoms with Crippen molar-refractivity contribution in [1.29, 1.82) is 0 Å². The van der Waals surface area contributed by atoms with E-state index >= 15 is 0 Å². The lowest BCUT2D eigenvalue weighted by molar-refractivity contribution is -0.302. The first-order chi connectivity index (χ1) is 19.8. The van der Waals surface area contributed by atoms with Gasteiger partial charge in [-0.15, -0.1) is 0 Å². The van der Waals surface area contributed by atoms with Gasteiger partial charge in [-0.25, -0.2) is 4.79 Å². The third-order valence-corrected chi connectivity index (χ3v) is 7.68. The first-order valence-corrected chi connectivity index (χ1v) is 14.6. The summed E-state index contributed by atoms with van der Waals surface area (Å²) in [5.74, 6) is -1.87. The molecule has 3 rings (SSSR count). The number of nitrogens with one attached hydrogen (secondary N) is 2. The van der Waals surface area contributed by atoms with Crippen LogP contribution in [0.3, 0.4) is 0 Å². The highest BCUT2D eigenvalue weighted by atomic mass is 32.1. The van der Waals surface area contributed by atoms with Crippen molar-refractivity contribution in [2.24, 2.45) is 5.73 Å². The minimum atomic E-state index is -1.87. The van der Waals surface area contributed by atoms with E-state index < -0.39 is 72.9 Å². The number of aliphatic hydroxyl groups is 5. The quantitative estimate of drug-likeness (QED) is 0.117. The molecule has 2 aliphatic rings. The van der Waals surface area contributed by atoms with E-state index in [0.717, 1.165) is 5.56 Å². The van der Waals surface area contributed by atoms with Crippen molar-refractivity contribution in [2.75, 3.05) is 6.54 Å². The van der Waals surface area contributed by atoms with E-state index in [-0.39, 0.29) is 25.8 Å². The van der Waals surface area contributed by atoms with Gasteiger partial charge in [-0.3, -0.25) is 0 Å². The lowest BCUT2D eigenvalue weighted by Crippen LogP contribution is -2.63. The summed E-state index contributed by atoms with van der Waals surface area (Å²) in [6.45, 7) is 4.99. The maximum absolute atomic E-state index is 12.9. The molecule has 2 fully saturated rings. The monoisotopic (exact) mass is 611 g/mol. The fourth-order valence-electron chi connectivity index (χ4n) is 5.33. The van der Waals surface area contributed by atoms with Crippen molar-refractivity contribution in [2.45, 2.75) is 113 Å². The summed E-state index contributed by atoms with van der Waals surface area (Å²) >= 11 is 5.42. The molecule has 0 unspecified atom stereocenters. The van der Waals surface area contributed by atoms with Gasteiger partial charge < -0.3 is 56.1 Å². The normalized spacial score (nSPS) is 35.0. The SMILES string of the molecule is C/C=C/[C@@H](C[C@@H]1O[C@](O)(C[C@H](C)O)C[C@H](O)[C@H]1NC(=O)NCC(=S)Cc1ccccc1)O[C@@H]1O[C@H](C)[C@@H](O)[C@H](N)[C@@H]1O. The molecular formula is C29H45N3O9S. The Kier molecular flexibility index (Phi) is 12.8. The second kappa shape index (κ2) is 15.6. The third kappa shape index (κ3) is 9.74. The predicted octanol–water partition coefficient (Wildman–Crippen LogP) is 0.0214. The Labute approximate surface area is 251 Å². The molecule has 236 valence electrons. The molecule has 1 aromatic rings. The molecule has 0 saturated carbocycles. The molecule has 0 radical (unpaired) electrons. The van der Waals surface area contributed by atoms with Crippen LogP contribution in [0.5, 0.6) is 0 Å². The zero-order valence-corrected chi connectivity index (χ0v) is 25.0. The lowest BCUT2D eigenvalue weighted by atomic mass is 9.88. The van der Waals surface area contributed by atoms with Crippen LogP contribution in [0.25, 0.3) is 0 Å². The van der Waals surface area contributed by atoms with Gasteiger partial charge in [0.15, 0.2) is 12.1 Å². The molecule has 0 spiro atoms. The molecule has 2 heterocycles. The van der Waals surface area contributed by atoms with Gasteiger partial charge in [0.05, 0.1) is 55.3 Å². The number of aliphatic hydroxyl groups excluding tert-OH is 4. The van der Waals surface area contributed by atoms with Gasteiger partial charge in [0.2, 0.25) is 0 Å². The van der Waals surface area contributed by atoms with Crippen molar-refractivity contribution >= 4 is 23.1 Å². The Balaban J connectivity index is 1.71. The van der Waals surface area contributed by atoms with Crippen LogP contribution in [0.4, 0.5) is 4.79 Å². The van der Waals surface area contributed by atoms with Crippen LogP contribution >= 0.6 is 12.2 Å². The van der Waals surface area contributed by atoms with Gasteiger partial charge in [0.1, 0.15) is 6.10 Å². The minimum Gasteiger partial charge on any atom is -0.393 e. The third-order valence-electron chi connectivity index (χ3n) is 7.39. The number of allylic oxidation sites excluding steroid dienone is 1. The Morgan fingerprint density at radius 3 is 2.60 bits per heavy atom. The van der Waals surface area contributed by atoms with Crippen molar-refractivity contribution in [3.8, 4) is 0 Å². The molecule has 42 heavy (non-hydrogen) atoms. The van der Waals surface area contributed by atoms with Gasteiger partial charge in [-0.1, -0.05) is 54.7 Å². The molecule has 2 saturated heterocycles. The van der Waals surface area contributed by atoms with Gasteiger partial charge in [0.25, 0.3) is 0 Å². The van der Waals surface area contributed by atoms with Crippen LogP contribution in [0.1, 0.15) is 45.6 Å². The van der Waals surface area contributed by atoms with Crippen LogP contribution < -0.4 is 16.4 Å². The van der Waals surface area contributed by atoms with Crippen LogP contribution in [0.2, 0.25) is 0 Å². The largest absolute Gasteiger partial charge is 0.393 e. The zero-order chi connectivity index (χ0) is 31.0. The van der Waals surface area contributed by atoms with E-state index in [0.29, 0.717) is 11.3 Å². The molecule has 12 nitrogen and oxygen atoms in total. The molecular weight excluding hydrogens is 566 g/mol. The highest BCUT2D eigenvalue weighted by Gasteiger charge is 2.48. The van der Waals surface area contributed by atoms with E-state index in [1.807, 2.05) is 30.3 Å². The number of thiocarbonyl (C=S) groups is 1. The number of carbonyl (C=O) groups excluding carboxylic acids is 1. The molecule has 1 aromatic carbocycles. The van der Waals surface area contributed by atoms with Gasteiger partial charge in [0, 0.05) is 30.5 Å². The average Bonchev–Trinajstić information content (AvgIpc) is 2.91. The van der Waals surface area contributed by atoms with Crippen molar-refractivity contribution in [1.82, 2.24) is 10.6 Å². The van der Waals surface area contributed by atoms with Gasteiger partial charge >= 0.3 is 6.03 Å². The highest BCUT2D eigenvalue weighted by molar-refractivity contribution is 7.80. The van der Waals surface area contributed by atoms with E-state index in [2.05, 4.69) is 10.6 Å². The number of hydrogen-bond acceptors (Lipinski definition) is 11. The first-order valence-electron chi connectivity index (χ1n) is 14.2. The van der Waals surface area contributed by atoms with Crippen LogP contribution in [0, 0.1) is 0 Å². The number of benzene rings is 1. The van der Waals surface area contributed by atoms with Crippen LogP contribution in [-0.2, 0) is 20.6 Å².